The Balaban J connectivity index is 5.19. The predicted molar refractivity (Wildman–Crippen MR) is 46.1 cm³/mol. The number of aliphatic hydroxyl groups excluding tert-OH is 1. The molecule has 0 saturated heterocycles. The summed E-state index contributed by atoms with van der Waals surface area (Å²) in [4.78, 5) is 0. The first kappa shape index (κ1) is 12.6. The Kier molecular flexibility index (Phi) is 4.52. The van der Waals surface area contributed by atoms with Gasteiger partial charge in [-0.15, -0.1) is 0 Å². The third kappa shape index (κ3) is 3.46. The number of hydrogen-bond acceptors (Lipinski definition) is 6. The van der Waals surface area contributed by atoms with Gasteiger partial charge in [-0.25, -0.2) is 0 Å². The van der Waals surface area contributed by atoms with E-state index in [1.54, 1.807) is 6.07 Å². The molecule has 0 bridgehead atoms. The van der Waals surface area contributed by atoms with E-state index >= 15 is 0 Å². The molecule has 0 aromatic heterocycles. The van der Waals surface area contributed by atoms with Gasteiger partial charge in [-0.1, -0.05) is 0 Å². The van der Waals surface area contributed by atoms with E-state index in [-0.39, 0.29) is 0 Å². The van der Waals surface area contributed by atoms with E-state index in [1.807, 2.05) is 0 Å². The zero-order chi connectivity index (χ0) is 11.9. The van der Waals surface area contributed by atoms with Crippen molar-refractivity contribution in [2.24, 2.45) is 0 Å². The summed E-state index contributed by atoms with van der Waals surface area (Å²) in [5, 5.41) is 52.1. The second-order valence-electron chi connectivity index (χ2n) is 2.61. The SMILES string of the molecule is N#CCC(O)(C#N)C=C(C#N)C(O)C#N. The van der Waals surface area contributed by atoms with Gasteiger partial charge in [-0.2, -0.15) is 21.0 Å². The lowest BCUT2D eigenvalue weighted by molar-refractivity contribution is 0.153. The van der Waals surface area contributed by atoms with Gasteiger partial charge < -0.3 is 10.2 Å². The highest BCUT2D eigenvalue weighted by Gasteiger charge is 2.26. The predicted octanol–water partition coefficient (Wildman–Crippen LogP) is -0.511. The van der Waals surface area contributed by atoms with Crippen LogP contribution in [-0.4, -0.2) is 21.9 Å². The quantitative estimate of drug-likeness (QED) is 0.467. The number of aliphatic hydroxyl groups is 2. The molecule has 6 heteroatoms. The Morgan fingerprint density at radius 2 is 1.93 bits per heavy atom. The maximum absolute atomic E-state index is 9.43. The van der Waals surface area contributed by atoms with Crippen LogP contribution < -0.4 is 0 Å². The first-order valence-electron chi connectivity index (χ1n) is 3.74. The highest BCUT2D eigenvalue weighted by molar-refractivity contribution is 5.35. The number of rotatable bonds is 3. The smallest absolute Gasteiger partial charge is 0.184 e. The topological polar surface area (TPSA) is 136 Å². The summed E-state index contributed by atoms with van der Waals surface area (Å²) >= 11 is 0. The van der Waals surface area contributed by atoms with Gasteiger partial charge in [0.05, 0.1) is 30.2 Å². The summed E-state index contributed by atoms with van der Waals surface area (Å²) in [6, 6.07) is 5.80. The summed E-state index contributed by atoms with van der Waals surface area (Å²) in [7, 11) is 0. The van der Waals surface area contributed by atoms with E-state index in [4.69, 9.17) is 26.2 Å². The highest BCUT2D eigenvalue weighted by atomic mass is 16.3. The fraction of sp³-hybridized carbons (Fsp3) is 0.333. The molecule has 6 nitrogen and oxygen atoms in total. The molecule has 0 spiro atoms. The molecule has 0 fully saturated rings. The summed E-state index contributed by atoms with van der Waals surface area (Å²) in [5.41, 5.74) is -2.62. The third-order valence-corrected chi connectivity index (χ3v) is 1.48. The van der Waals surface area contributed by atoms with Crippen LogP contribution >= 0.6 is 0 Å². The molecule has 0 aliphatic rings. The molecule has 0 saturated carbocycles. The Labute approximate surface area is 86.1 Å². The lowest BCUT2D eigenvalue weighted by atomic mass is 9.97. The van der Waals surface area contributed by atoms with Crippen molar-refractivity contribution >= 4 is 0 Å². The number of hydrogen-bond donors (Lipinski definition) is 2. The van der Waals surface area contributed by atoms with Crippen molar-refractivity contribution in [3.8, 4) is 24.3 Å². The van der Waals surface area contributed by atoms with Gasteiger partial charge in [0.15, 0.2) is 11.7 Å². The van der Waals surface area contributed by atoms with Crippen molar-refractivity contribution in [1.82, 2.24) is 0 Å². The normalized spacial score (nSPS) is 16.0. The Hall–Kier alpha value is -2.38. The molecule has 0 rings (SSSR count). The summed E-state index contributed by atoms with van der Waals surface area (Å²) in [6.07, 6.45) is -1.55. The van der Waals surface area contributed by atoms with Crippen LogP contribution in [-0.2, 0) is 0 Å². The molecule has 0 radical (unpaired) electrons. The van der Waals surface area contributed by atoms with Crippen LogP contribution in [0.2, 0.25) is 0 Å². The average Bonchev–Trinajstić information content (AvgIpc) is 2.25. The molecule has 0 amide bonds. The molecule has 2 N–H and O–H groups in total. The molecule has 15 heavy (non-hydrogen) atoms. The molecule has 0 aliphatic heterocycles. The van der Waals surface area contributed by atoms with E-state index < -0.39 is 23.7 Å². The highest BCUT2D eigenvalue weighted by Crippen LogP contribution is 2.14. The maximum atomic E-state index is 9.43. The number of nitriles is 4. The Morgan fingerprint density at radius 3 is 2.27 bits per heavy atom. The van der Waals surface area contributed by atoms with Crippen molar-refractivity contribution in [2.75, 3.05) is 0 Å². The largest absolute Gasteiger partial charge is 0.373 e. The van der Waals surface area contributed by atoms with E-state index in [9.17, 15) is 5.11 Å². The van der Waals surface area contributed by atoms with Gasteiger partial charge in [-0.05, 0) is 6.08 Å². The lowest BCUT2D eigenvalue weighted by Crippen LogP contribution is -2.24. The van der Waals surface area contributed by atoms with E-state index in [2.05, 4.69) is 0 Å². The van der Waals surface area contributed by atoms with Crippen molar-refractivity contribution in [3.05, 3.63) is 11.6 Å². The molecule has 0 aromatic rings. The van der Waals surface area contributed by atoms with Crippen LogP contribution in [0.3, 0.4) is 0 Å². The number of nitrogens with zero attached hydrogens (tertiary/aromatic N) is 4. The second-order valence-corrected chi connectivity index (χ2v) is 2.61. The Morgan fingerprint density at radius 1 is 1.33 bits per heavy atom. The molecule has 0 heterocycles. The minimum Gasteiger partial charge on any atom is -0.373 e. The molecule has 74 valence electrons. The molecule has 2 atom stereocenters. The van der Waals surface area contributed by atoms with Crippen LogP contribution in [0.5, 0.6) is 0 Å². The zero-order valence-corrected chi connectivity index (χ0v) is 7.55. The molecular weight excluding hydrogens is 196 g/mol. The van der Waals surface area contributed by atoms with Crippen LogP contribution in [0.25, 0.3) is 0 Å². The molecular formula is C9H6N4O2. The molecule has 2 unspecified atom stereocenters. The van der Waals surface area contributed by atoms with Gasteiger partial charge in [0.1, 0.15) is 6.07 Å². The monoisotopic (exact) mass is 202 g/mol. The van der Waals surface area contributed by atoms with Crippen LogP contribution in [0.4, 0.5) is 0 Å². The first-order valence-corrected chi connectivity index (χ1v) is 3.74. The summed E-state index contributed by atoms with van der Waals surface area (Å²) in [5.74, 6) is 0. The van der Waals surface area contributed by atoms with Crippen LogP contribution in [0.15, 0.2) is 11.6 Å². The zero-order valence-electron chi connectivity index (χ0n) is 7.55. The van der Waals surface area contributed by atoms with Crippen molar-refractivity contribution in [1.29, 1.82) is 21.0 Å². The van der Waals surface area contributed by atoms with E-state index in [0.717, 1.165) is 0 Å². The van der Waals surface area contributed by atoms with Crippen molar-refractivity contribution in [3.63, 3.8) is 0 Å². The summed E-state index contributed by atoms with van der Waals surface area (Å²) < 4.78 is 0. The minimum atomic E-state index is -2.16. The second kappa shape index (κ2) is 5.37. The fourth-order valence-corrected chi connectivity index (χ4v) is 0.743. The van der Waals surface area contributed by atoms with Gasteiger partial charge in [-0.3, -0.25) is 0 Å². The van der Waals surface area contributed by atoms with Crippen molar-refractivity contribution in [2.45, 2.75) is 18.1 Å². The van der Waals surface area contributed by atoms with E-state index in [0.29, 0.717) is 6.08 Å². The maximum Gasteiger partial charge on any atom is 0.184 e. The molecule has 0 aromatic carbocycles. The third-order valence-electron chi connectivity index (χ3n) is 1.48. The fourth-order valence-electron chi connectivity index (χ4n) is 0.743. The average molecular weight is 202 g/mol. The van der Waals surface area contributed by atoms with Gasteiger partial charge in [0, 0.05) is 0 Å². The standard InChI is InChI=1S/C9H6N4O2/c10-2-1-9(15,6-13)3-7(4-11)8(14)5-12/h3,8,14-15H,1H2. The Bertz CT molecular complexity index is 429. The van der Waals surface area contributed by atoms with Crippen LogP contribution in [0.1, 0.15) is 6.42 Å². The van der Waals surface area contributed by atoms with E-state index in [1.165, 1.54) is 18.2 Å². The summed E-state index contributed by atoms with van der Waals surface area (Å²) in [6.45, 7) is 0. The van der Waals surface area contributed by atoms with Gasteiger partial charge in [0.2, 0.25) is 0 Å². The van der Waals surface area contributed by atoms with Gasteiger partial charge in [0.25, 0.3) is 0 Å². The van der Waals surface area contributed by atoms with Gasteiger partial charge >= 0.3 is 0 Å². The lowest BCUT2D eigenvalue weighted by Gasteiger charge is -2.12. The van der Waals surface area contributed by atoms with Crippen molar-refractivity contribution < 1.29 is 10.2 Å². The van der Waals surface area contributed by atoms with Crippen LogP contribution in [0, 0.1) is 45.3 Å². The molecule has 0 aliphatic carbocycles. The minimum absolute atomic E-state index is 0.461. The first-order chi connectivity index (χ1) is 7.02.